The maximum absolute atomic E-state index is 5.77. The summed E-state index contributed by atoms with van der Waals surface area (Å²) in [6.07, 6.45) is 0. The molecule has 0 bridgehead atoms. The number of pyridine rings is 1. The van der Waals surface area contributed by atoms with Crippen molar-refractivity contribution in [3.05, 3.63) is 54.1 Å². The number of H-pyrrole nitrogens is 1. The first-order valence-electron chi connectivity index (χ1n) is 5.47. The van der Waals surface area contributed by atoms with Crippen LogP contribution in [0.5, 0.6) is 0 Å². The largest absolute Gasteiger partial charge is 0.384 e. The SMILES string of the molecule is C=C(c1ccccc1)c1cc(N)nc2[nH]nnc12. The molecule has 0 saturated carbocycles. The van der Waals surface area contributed by atoms with Gasteiger partial charge in [-0.2, -0.15) is 0 Å². The predicted molar refractivity (Wildman–Crippen MR) is 70.7 cm³/mol. The molecule has 0 aliphatic heterocycles. The Kier molecular flexibility index (Phi) is 2.30. The average molecular weight is 237 g/mol. The van der Waals surface area contributed by atoms with Gasteiger partial charge < -0.3 is 5.73 Å². The normalized spacial score (nSPS) is 10.7. The molecular formula is C13H11N5. The third-order valence-electron chi connectivity index (χ3n) is 2.77. The smallest absolute Gasteiger partial charge is 0.178 e. The predicted octanol–water partition coefficient (Wildman–Crippen LogP) is 2.00. The summed E-state index contributed by atoms with van der Waals surface area (Å²) in [6, 6.07) is 11.6. The van der Waals surface area contributed by atoms with Crippen LogP contribution in [0.4, 0.5) is 5.82 Å². The van der Waals surface area contributed by atoms with Gasteiger partial charge in [0, 0.05) is 5.56 Å². The van der Waals surface area contributed by atoms with Crippen molar-refractivity contribution in [2.45, 2.75) is 0 Å². The lowest BCUT2D eigenvalue weighted by atomic mass is 9.99. The number of nitrogens with two attached hydrogens (primary N) is 1. The van der Waals surface area contributed by atoms with Crippen LogP contribution >= 0.6 is 0 Å². The summed E-state index contributed by atoms with van der Waals surface area (Å²) in [5, 5.41) is 10.5. The van der Waals surface area contributed by atoms with E-state index < -0.39 is 0 Å². The molecule has 0 spiro atoms. The molecule has 0 radical (unpaired) electrons. The molecule has 2 heterocycles. The average Bonchev–Trinajstić information content (AvgIpc) is 2.86. The molecule has 0 saturated heterocycles. The minimum atomic E-state index is 0.417. The van der Waals surface area contributed by atoms with Gasteiger partial charge >= 0.3 is 0 Å². The number of aromatic amines is 1. The van der Waals surface area contributed by atoms with Crippen molar-refractivity contribution in [2.75, 3.05) is 5.73 Å². The molecule has 5 nitrogen and oxygen atoms in total. The van der Waals surface area contributed by atoms with Crippen LogP contribution in [0.1, 0.15) is 11.1 Å². The van der Waals surface area contributed by atoms with E-state index in [0.717, 1.165) is 16.7 Å². The van der Waals surface area contributed by atoms with Crippen LogP contribution in [0.25, 0.3) is 16.7 Å². The highest BCUT2D eigenvalue weighted by Gasteiger charge is 2.11. The van der Waals surface area contributed by atoms with Gasteiger partial charge in [0.05, 0.1) is 0 Å². The number of anilines is 1. The van der Waals surface area contributed by atoms with Crippen molar-refractivity contribution in [2.24, 2.45) is 0 Å². The molecule has 3 rings (SSSR count). The Balaban J connectivity index is 2.20. The summed E-state index contributed by atoms with van der Waals surface area (Å²) >= 11 is 0. The molecule has 3 aromatic rings. The number of benzene rings is 1. The van der Waals surface area contributed by atoms with Crippen molar-refractivity contribution in [1.82, 2.24) is 20.4 Å². The fraction of sp³-hybridized carbons (Fsp3) is 0. The van der Waals surface area contributed by atoms with Crippen molar-refractivity contribution in [3.63, 3.8) is 0 Å². The molecule has 1 aromatic carbocycles. The van der Waals surface area contributed by atoms with Crippen LogP contribution in [0.2, 0.25) is 0 Å². The quantitative estimate of drug-likeness (QED) is 0.714. The van der Waals surface area contributed by atoms with Gasteiger partial charge in [0.25, 0.3) is 0 Å². The third-order valence-corrected chi connectivity index (χ3v) is 2.77. The molecule has 0 fully saturated rings. The first-order chi connectivity index (χ1) is 8.75. The molecule has 88 valence electrons. The van der Waals surface area contributed by atoms with E-state index in [1.165, 1.54) is 0 Å². The van der Waals surface area contributed by atoms with Gasteiger partial charge in [-0.1, -0.05) is 42.1 Å². The lowest BCUT2D eigenvalue weighted by molar-refractivity contribution is 0.954. The highest BCUT2D eigenvalue weighted by Crippen LogP contribution is 2.27. The lowest BCUT2D eigenvalue weighted by Crippen LogP contribution is -1.95. The Bertz CT molecular complexity index is 715. The summed E-state index contributed by atoms with van der Waals surface area (Å²) < 4.78 is 0. The molecule has 0 atom stereocenters. The van der Waals surface area contributed by atoms with Crippen LogP contribution in [0, 0.1) is 0 Å². The second kappa shape index (κ2) is 3.96. The highest BCUT2D eigenvalue weighted by atomic mass is 15.3. The summed E-state index contributed by atoms with van der Waals surface area (Å²) in [5.41, 5.74) is 9.74. The number of nitrogen functional groups attached to an aromatic ring is 1. The van der Waals surface area contributed by atoms with Gasteiger partial charge in [-0.15, -0.1) is 5.10 Å². The zero-order valence-electron chi connectivity index (χ0n) is 9.59. The van der Waals surface area contributed by atoms with Gasteiger partial charge in [-0.3, -0.25) is 0 Å². The summed E-state index contributed by atoms with van der Waals surface area (Å²) in [5.74, 6) is 0.417. The van der Waals surface area contributed by atoms with E-state index >= 15 is 0 Å². The molecule has 0 unspecified atom stereocenters. The number of aromatic nitrogens is 4. The van der Waals surface area contributed by atoms with E-state index in [1.54, 1.807) is 6.07 Å². The fourth-order valence-electron chi connectivity index (χ4n) is 1.88. The van der Waals surface area contributed by atoms with E-state index in [0.29, 0.717) is 17.0 Å². The van der Waals surface area contributed by atoms with Crippen molar-refractivity contribution in [3.8, 4) is 0 Å². The zero-order chi connectivity index (χ0) is 12.5. The van der Waals surface area contributed by atoms with Crippen LogP contribution in [0.3, 0.4) is 0 Å². The Morgan fingerprint density at radius 2 is 2.00 bits per heavy atom. The molecule has 5 heteroatoms. The van der Waals surface area contributed by atoms with Crippen LogP contribution in [-0.4, -0.2) is 20.4 Å². The third kappa shape index (κ3) is 1.62. The molecule has 0 amide bonds. The maximum atomic E-state index is 5.77. The Labute approximate surface area is 103 Å². The van der Waals surface area contributed by atoms with Crippen LogP contribution in [-0.2, 0) is 0 Å². The van der Waals surface area contributed by atoms with E-state index in [4.69, 9.17) is 5.73 Å². The number of hydrogen-bond donors (Lipinski definition) is 2. The summed E-state index contributed by atoms with van der Waals surface area (Å²) in [4.78, 5) is 4.13. The Hall–Kier alpha value is -2.69. The topological polar surface area (TPSA) is 80.5 Å². The van der Waals surface area contributed by atoms with Crippen molar-refractivity contribution < 1.29 is 0 Å². The van der Waals surface area contributed by atoms with Crippen LogP contribution in [0.15, 0.2) is 43.0 Å². The molecule has 0 aliphatic rings. The van der Waals surface area contributed by atoms with Crippen LogP contribution < -0.4 is 5.73 Å². The number of nitrogens with one attached hydrogen (secondary N) is 1. The Morgan fingerprint density at radius 3 is 2.78 bits per heavy atom. The van der Waals surface area contributed by atoms with E-state index in [9.17, 15) is 0 Å². The second-order valence-electron chi connectivity index (χ2n) is 3.95. The maximum Gasteiger partial charge on any atom is 0.178 e. The molecule has 2 aromatic heterocycles. The number of hydrogen-bond acceptors (Lipinski definition) is 4. The monoisotopic (exact) mass is 237 g/mol. The lowest BCUT2D eigenvalue weighted by Gasteiger charge is -2.07. The fourth-order valence-corrected chi connectivity index (χ4v) is 1.88. The molecule has 0 aliphatic carbocycles. The number of nitrogens with zero attached hydrogens (tertiary/aromatic N) is 3. The van der Waals surface area contributed by atoms with Crippen molar-refractivity contribution >= 4 is 22.6 Å². The van der Waals surface area contributed by atoms with Gasteiger partial charge in [0.15, 0.2) is 5.65 Å². The first kappa shape index (κ1) is 10.5. The number of fused-ring (bicyclic) bond motifs is 1. The van der Waals surface area contributed by atoms with Gasteiger partial charge in [-0.25, -0.2) is 10.1 Å². The second-order valence-corrected chi connectivity index (χ2v) is 3.95. The number of rotatable bonds is 2. The standard InChI is InChI=1S/C13H11N5/c1-8(9-5-3-2-4-6-9)10-7-11(14)15-13-12(10)16-18-17-13/h2-7H,1H2,(H3,14,15,16,17,18). The van der Waals surface area contributed by atoms with Gasteiger partial charge in [0.1, 0.15) is 11.3 Å². The molecular weight excluding hydrogens is 226 g/mol. The van der Waals surface area contributed by atoms with Gasteiger partial charge in [-0.05, 0) is 17.2 Å². The highest BCUT2D eigenvalue weighted by molar-refractivity contribution is 5.92. The summed E-state index contributed by atoms with van der Waals surface area (Å²) in [7, 11) is 0. The summed E-state index contributed by atoms with van der Waals surface area (Å²) in [6.45, 7) is 4.10. The molecule has 18 heavy (non-hydrogen) atoms. The van der Waals surface area contributed by atoms with Gasteiger partial charge in [0.2, 0.25) is 0 Å². The van der Waals surface area contributed by atoms with E-state index in [1.807, 2.05) is 30.3 Å². The first-order valence-corrected chi connectivity index (χ1v) is 5.47. The minimum absolute atomic E-state index is 0.417. The van der Waals surface area contributed by atoms with Crippen molar-refractivity contribution in [1.29, 1.82) is 0 Å². The van der Waals surface area contributed by atoms with E-state index in [2.05, 4.69) is 27.0 Å². The Morgan fingerprint density at radius 1 is 1.22 bits per heavy atom. The zero-order valence-corrected chi connectivity index (χ0v) is 9.59. The molecule has 3 N–H and O–H groups in total. The van der Waals surface area contributed by atoms with E-state index in [-0.39, 0.29) is 0 Å². The minimum Gasteiger partial charge on any atom is -0.384 e.